The van der Waals surface area contributed by atoms with Crippen molar-refractivity contribution >= 4 is 22.8 Å². The fraction of sp³-hybridized carbons (Fsp3) is 0.296. The smallest absolute Gasteiger partial charge is 0.151 e. The summed E-state index contributed by atoms with van der Waals surface area (Å²) in [5.74, 6) is -1.71. The molecular weight excluding hydrogens is 483 g/mol. The number of nitrogens with one attached hydrogen (secondary N) is 2. The van der Waals surface area contributed by atoms with Crippen LogP contribution in [0.25, 0.3) is 22.8 Å². The molecule has 4 heterocycles. The zero-order valence-electron chi connectivity index (χ0n) is 20.2. The summed E-state index contributed by atoms with van der Waals surface area (Å²) in [6.45, 7) is 3.67. The predicted octanol–water partition coefficient (Wildman–Crippen LogP) is 5.51. The SMILES string of the molecule is CC(Oc1ccc2n[nH]c(/C=C(\F)c3ccc(CNC4CCOCC4)nc3)c2c1)c1c(F)cncc1F. The van der Waals surface area contributed by atoms with E-state index >= 15 is 4.39 Å². The Morgan fingerprint density at radius 2 is 1.95 bits per heavy atom. The topological polar surface area (TPSA) is 85.0 Å². The fourth-order valence-electron chi connectivity index (χ4n) is 4.30. The van der Waals surface area contributed by atoms with E-state index in [0.717, 1.165) is 44.1 Å². The standard InChI is InChI=1S/C27H26F3N5O2/c1-16(27-23(29)14-31-15-24(27)30)37-20-4-5-25-21(10-20)26(35-34-25)11-22(28)17-2-3-19(32-12-17)13-33-18-6-8-36-9-7-18/h2-5,10-12,14-16,18,33H,6-9,13H2,1H3,(H,34,35)/b22-11-. The van der Waals surface area contributed by atoms with Gasteiger partial charge < -0.3 is 14.8 Å². The zero-order chi connectivity index (χ0) is 25.8. The van der Waals surface area contributed by atoms with E-state index in [1.165, 1.54) is 19.2 Å². The Hall–Kier alpha value is -3.76. The van der Waals surface area contributed by atoms with Gasteiger partial charge in [0.2, 0.25) is 0 Å². The summed E-state index contributed by atoms with van der Waals surface area (Å²) >= 11 is 0. The maximum absolute atomic E-state index is 15.1. The van der Waals surface area contributed by atoms with Crippen LogP contribution in [0.5, 0.6) is 5.75 Å². The van der Waals surface area contributed by atoms with Gasteiger partial charge in [-0.25, -0.2) is 13.2 Å². The second kappa shape index (κ2) is 11.1. The number of aromatic nitrogens is 4. The molecule has 192 valence electrons. The van der Waals surface area contributed by atoms with Crippen LogP contribution >= 0.6 is 0 Å². The summed E-state index contributed by atoms with van der Waals surface area (Å²) in [6, 6.07) is 8.86. The van der Waals surface area contributed by atoms with Gasteiger partial charge in [-0.1, -0.05) is 0 Å². The summed E-state index contributed by atoms with van der Waals surface area (Å²) < 4.78 is 54.4. The van der Waals surface area contributed by atoms with Crippen LogP contribution in [0.15, 0.2) is 48.9 Å². The summed E-state index contributed by atoms with van der Waals surface area (Å²) in [5.41, 5.74) is 1.97. The van der Waals surface area contributed by atoms with E-state index in [4.69, 9.17) is 9.47 Å². The monoisotopic (exact) mass is 509 g/mol. The molecule has 1 fully saturated rings. The minimum absolute atomic E-state index is 0.215. The van der Waals surface area contributed by atoms with Crippen molar-refractivity contribution in [2.45, 2.75) is 38.5 Å². The van der Waals surface area contributed by atoms with Gasteiger partial charge in [-0.05, 0) is 50.1 Å². The fourth-order valence-corrected chi connectivity index (χ4v) is 4.30. The molecule has 4 aromatic rings. The number of benzene rings is 1. The average molecular weight is 510 g/mol. The lowest BCUT2D eigenvalue weighted by molar-refractivity contribution is 0.0775. The first-order valence-corrected chi connectivity index (χ1v) is 12.0. The van der Waals surface area contributed by atoms with Crippen LogP contribution < -0.4 is 10.1 Å². The van der Waals surface area contributed by atoms with E-state index in [1.807, 2.05) is 0 Å². The molecule has 1 unspecified atom stereocenters. The highest BCUT2D eigenvalue weighted by Gasteiger charge is 2.19. The zero-order valence-corrected chi connectivity index (χ0v) is 20.2. The molecule has 10 heteroatoms. The number of aromatic amines is 1. The van der Waals surface area contributed by atoms with Gasteiger partial charge in [-0.15, -0.1) is 0 Å². The van der Waals surface area contributed by atoms with Crippen LogP contribution in [0.4, 0.5) is 13.2 Å². The molecule has 0 bridgehead atoms. The van der Waals surface area contributed by atoms with Crippen molar-refractivity contribution in [2.75, 3.05) is 13.2 Å². The lowest BCUT2D eigenvalue weighted by atomic mass is 10.1. The maximum atomic E-state index is 15.1. The number of rotatable bonds is 8. The minimum atomic E-state index is -0.909. The quantitative estimate of drug-likeness (QED) is 0.326. The summed E-state index contributed by atoms with van der Waals surface area (Å²) in [6.07, 6.45) is 5.74. The third-order valence-electron chi connectivity index (χ3n) is 6.33. The first-order valence-electron chi connectivity index (χ1n) is 12.0. The first kappa shape index (κ1) is 24.9. The Labute approximate surface area is 211 Å². The van der Waals surface area contributed by atoms with Gasteiger partial charge in [-0.3, -0.25) is 15.1 Å². The lowest BCUT2D eigenvalue weighted by Gasteiger charge is -2.23. The van der Waals surface area contributed by atoms with E-state index in [1.54, 1.807) is 30.3 Å². The third-order valence-corrected chi connectivity index (χ3v) is 6.33. The Kier molecular flexibility index (Phi) is 7.47. The van der Waals surface area contributed by atoms with Crippen molar-refractivity contribution in [3.05, 3.63) is 83.1 Å². The van der Waals surface area contributed by atoms with Crippen LogP contribution in [0.3, 0.4) is 0 Å². The van der Waals surface area contributed by atoms with E-state index in [-0.39, 0.29) is 5.56 Å². The largest absolute Gasteiger partial charge is 0.486 e. The molecule has 5 rings (SSSR count). The van der Waals surface area contributed by atoms with Crippen LogP contribution in [-0.2, 0) is 11.3 Å². The number of hydrogen-bond acceptors (Lipinski definition) is 6. The highest BCUT2D eigenvalue weighted by atomic mass is 19.1. The van der Waals surface area contributed by atoms with Crippen molar-refractivity contribution in [1.29, 1.82) is 0 Å². The number of nitrogens with zero attached hydrogens (tertiary/aromatic N) is 3. The number of fused-ring (bicyclic) bond motifs is 1. The lowest BCUT2D eigenvalue weighted by Crippen LogP contribution is -2.34. The number of hydrogen-bond donors (Lipinski definition) is 2. The molecule has 1 atom stereocenters. The van der Waals surface area contributed by atoms with E-state index < -0.39 is 23.6 Å². The average Bonchev–Trinajstić information content (AvgIpc) is 3.30. The molecule has 1 aliphatic heterocycles. The minimum Gasteiger partial charge on any atom is -0.486 e. The highest BCUT2D eigenvalue weighted by Crippen LogP contribution is 2.30. The molecular formula is C27H26F3N5O2. The molecule has 3 aromatic heterocycles. The van der Waals surface area contributed by atoms with Gasteiger partial charge in [0.05, 0.1) is 34.9 Å². The third kappa shape index (κ3) is 5.81. The molecule has 0 radical (unpaired) electrons. The molecule has 7 nitrogen and oxygen atoms in total. The van der Waals surface area contributed by atoms with Gasteiger partial charge >= 0.3 is 0 Å². The van der Waals surface area contributed by atoms with Crippen LogP contribution in [0, 0.1) is 11.6 Å². The Bertz CT molecular complexity index is 1380. The van der Waals surface area contributed by atoms with Crippen LogP contribution in [0.2, 0.25) is 0 Å². The number of pyridine rings is 2. The number of ether oxygens (including phenoxy) is 2. The van der Waals surface area contributed by atoms with E-state index in [0.29, 0.717) is 40.5 Å². The normalized spacial score (nSPS) is 15.7. The second-order valence-corrected chi connectivity index (χ2v) is 8.89. The molecule has 0 saturated carbocycles. The second-order valence-electron chi connectivity index (χ2n) is 8.89. The van der Waals surface area contributed by atoms with Crippen molar-refractivity contribution in [3.8, 4) is 5.75 Å². The Morgan fingerprint density at radius 1 is 1.16 bits per heavy atom. The van der Waals surface area contributed by atoms with Crippen LogP contribution in [-0.4, -0.2) is 39.4 Å². The van der Waals surface area contributed by atoms with Gasteiger partial charge in [0.1, 0.15) is 17.7 Å². The highest BCUT2D eigenvalue weighted by molar-refractivity contribution is 5.91. The molecule has 2 N–H and O–H groups in total. The predicted molar refractivity (Wildman–Crippen MR) is 133 cm³/mol. The summed E-state index contributed by atoms with van der Waals surface area (Å²) in [5, 5.41) is 11.1. The maximum Gasteiger partial charge on any atom is 0.151 e. The first-order chi connectivity index (χ1) is 18.0. The number of H-pyrrole nitrogens is 1. The van der Waals surface area contributed by atoms with Crippen molar-refractivity contribution in [3.63, 3.8) is 0 Å². The van der Waals surface area contributed by atoms with Crippen molar-refractivity contribution in [1.82, 2.24) is 25.5 Å². The van der Waals surface area contributed by atoms with E-state index in [9.17, 15) is 8.78 Å². The molecule has 0 amide bonds. The van der Waals surface area contributed by atoms with Gasteiger partial charge in [0.25, 0.3) is 0 Å². The summed E-state index contributed by atoms with van der Waals surface area (Å²) in [7, 11) is 0. The molecule has 37 heavy (non-hydrogen) atoms. The van der Waals surface area contributed by atoms with Crippen LogP contribution in [0.1, 0.15) is 48.4 Å². The van der Waals surface area contributed by atoms with E-state index in [2.05, 4.69) is 25.5 Å². The van der Waals surface area contributed by atoms with Gasteiger partial charge in [-0.2, -0.15) is 5.10 Å². The van der Waals surface area contributed by atoms with Crippen molar-refractivity contribution < 1.29 is 22.6 Å². The van der Waals surface area contributed by atoms with Gasteiger partial charge in [0, 0.05) is 49.0 Å². The molecule has 1 aromatic carbocycles. The Morgan fingerprint density at radius 3 is 2.68 bits per heavy atom. The molecule has 1 aliphatic rings. The van der Waals surface area contributed by atoms with Gasteiger partial charge in [0.15, 0.2) is 11.6 Å². The summed E-state index contributed by atoms with van der Waals surface area (Å²) in [4.78, 5) is 7.87. The molecule has 1 saturated heterocycles. The number of halogens is 3. The van der Waals surface area contributed by atoms with Crippen molar-refractivity contribution in [2.24, 2.45) is 0 Å². The molecule has 0 spiro atoms. The Balaban J connectivity index is 1.30. The molecule has 0 aliphatic carbocycles.